The number of carboxylic acid groups (broad SMARTS) is 1. The lowest BCUT2D eigenvalue weighted by atomic mass is 9.94. The second kappa shape index (κ2) is 12.6. The number of carboxylic acids is 1. The summed E-state index contributed by atoms with van der Waals surface area (Å²) in [5.41, 5.74) is 2.99. The predicted octanol–water partition coefficient (Wildman–Crippen LogP) is 5.62. The molecule has 43 heavy (non-hydrogen) atoms. The van der Waals surface area contributed by atoms with Crippen LogP contribution in [0.1, 0.15) is 60.0 Å². The highest BCUT2D eigenvalue weighted by Crippen LogP contribution is 2.36. The summed E-state index contributed by atoms with van der Waals surface area (Å²) >= 11 is 4.76. The quantitative estimate of drug-likeness (QED) is 0.231. The van der Waals surface area contributed by atoms with Gasteiger partial charge in [-0.2, -0.15) is 0 Å². The number of thiazole rings is 1. The fourth-order valence-corrected chi connectivity index (χ4v) is 6.62. The van der Waals surface area contributed by atoms with Crippen LogP contribution in [0.5, 0.6) is 5.75 Å². The third kappa shape index (κ3) is 5.87. The first kappa shape index (κ1) is 30.2. The van der Waals surface area contributed by atoms with Crippen LogP contribution in [0.2, 0.25) is 0 Å². The Balaban J connectivity index is 1.66. The minimum atomic E-state index is -1.00. The molecule has 2 aromatic heterocycles. The number of furan rings is 1. The molecule has 0 bridgehead atoms. The van der Waals surface area contributed by atoms with E-state index in [-0.39, 0.29) is 17.7 Å². The van der Waals surface area contributed by atoms with Gasteiger partial charge in [-0.1, -0.05) is 36.8 Å². The molecule has 11 heteroatoms. The minimum absolute atomic E-state index is 0.185. The molecule has 0 radical (unpaired) electrons. The maximum atomic E-state index is 14.0. The second-order valence-electron chi connectivity index (χ2n) is 9.84. The van der Waals surface area contributed by atoms with E-state index < -0.39 is 18.0 Å². The first-order chi connectivity index (χ1) is 20.7. The monoisotopic (exact) mass is 664 g/mol. The Labute approximate surface area is 259 Å². The summed E-state index contributed by atoms with van der Waals surface area (Å²) in [5, 5.41) is 9.28. The van der Waals surface area contributed by atoms with Crippen molar-refractivity contribution in [1.29, 1.82) is 0 Å². The van der Waals surface area contributed by atoms with Crippen LogP contribution < -0.4 is 19.6 Å². The van der Waals surface area contributed by atoms with Gasteiger partial charge in [0.15, 0.2) is 4.80 Å². The first-order valence-electron chi connectivity index (χ1n) is 13.7. The number of hydrogen-bond acceptors (Lipinski definition) is 8. The molecule has 1 N–H and O–H groups in total. The summed E-state index contributed by atoms with van der Waals surface area (Å²) in [6.45, 7) is 5.75. The molecule has 222 valence electrons. The molecule has 2 aromatic carbocycles. The molecule has 0 spiro atoms. The largest absolute Gasteiger partial charge is 0.496 e. The second-order valence-corrected chi connectivity index (χ2v) is 11.7. The fourth-order valence-electron chi connectivity index (χ4n) is 5.07. The van der Waals surface area contributed by atoms with E-state index in [1.54, 1.807) is 50.4 Å². The van der Waals surface area contributed by atoms with E-state index in [9.17, 15) is 19.5 Å². The van der Waals surface area contributed by atoms with Crippen molar-refractivity contribution in [1.82, 2.24) is 4.57 Å². The van der Waals surface area contributed by atoms with Crippen molar-refractivity contribution in [3.63, 3.8) is 0 Å². The van der Waals surface area contributed by atoms with Crippen molar-refractivity contribution in [2.75, 3.05) is 13.7 Å². The highest BCUT2D eigenvalue weighted by atomic mass is 79.9. The van der Waals surface area contributed by atoms with Crippen LogP contribution in [0.25, 0.3) is 17.4 Å². The fraction of sp³-hybridized carbons (Fsp3) is 0.250. The third-order valence-electron chi connectivity index (χ3n) is 7.02. The molecule has 5 rings (SSSR count). The van der Waals surface area contributed by atoms with Crippen LogP contribution in [0, 0.1) is 6.92 Å². The Kier molecular flexibility index (Phi) is 8.84. The maximum absolute atomic E-state index is 14.0. The highest BCUT2D eigenvalue weighted by molar-refractivity contribution is 9.10. The number of benzene rings is 2. The summed E-state index contributed by atoms with van der Waals surface area (Å²) in [6, 6.07) is 13.0. The van der Waals surface area contributed by atoms with E-state index in [2.05, 4.69) is 15.9 Å². The normalized spacial score (nSPS) is 14.8. The van der Waals surface area contributed by atoms with Gasteiger partial charge in [-0.15, -0.1) is 0 Å². The average molecular weight is 666 g/mol. The summed E-state index contributed by atoms with van der Waals surface area (Å²) in [5.74, 6) is 0.0981. The van der Waals surface area contributed by atoms with Crippen molar-refractivity contribution in [3.8, 4) is 17.1 Å². The van der Waals surface area contributed by atoms with Crippen LogP contribution in [-0.2, 0) is 9.53 Å². The summed E-state index contributed by atoms with van der Waals surface area (Å²) < 4.78 is 19.5. The zero-order valence-electron chi connectivity index (χ0n) is 24.0. The Bertz CT molecular complexity index is 1950. The number of hydrogen-bond donors (Lipinski definition) is 1. The van der Waals surface area contributed by atoms with Crippen molar-refractivity contribution in [2.24, 2.45) is 4.99 Å². The minimum Gasteiger partial charge on any atom is -0.496 e. The van der Waals surface area contributed by atoms with E-state index in [0.717, 1.165) is 17.5 Å². The van der Waals surface area contributed by atoms with Gasteiger partial charge in [-0.05, 0) is 83.7 Å². The zero-order chi connectivity index (χ0) is 30.8. The van der Waals surface area contributed by atoms with Gasteiger partial charge in [-0.25, -0.2) is 14.6 Å². The molecule has 0 aliphatic carbocycles. The third-order valence-corrected chi connectivity index (χ3v) is 8.63. The number of esters is 1. The van der Waals surface area contributed by atoms with E-state index in [0.29, 0.717) is 54.3 Å². The Morgan fingerprint density at radius 1 is 1.16 bits per heavy atom. The Hall–Kier alpha value is -4.22. The molecular weight excluding hydrogens is 636 g/mol. The molecule has 4 aromatic rings. The van der Waals surface area contributed by atoms with E-state index in [4.69, 9.17) is 18.9 Å². The number of aromatic nitrogens is 1. The van der Waals surface area contributed by atoms with Crippen molar-refractivity contribution >= 4 is 45.3 Å². The van der Waals surface area contributed by atoms with Gasteiger partial charge in [0.05, 0.1) is 45.6 Å². The Morgan fingerprint density at radius 3 is 2.60 bits per heavy atom. The van der Waals surface area contributed by atoms with E-state index in [1.165, 1.54) is 22.0 Å². The topological polar surface area (TPSA) is 120 Å². The number of aryl methyl sites for hydroxylation is 1. The van der Waals surface area contributed by atoms with Crippen LogP contribution in [0.15, 0.2) is 78.5 Å². The van der Waals surface area contributed by atoms with Gasteiger partial charge in [-0.3, -0.25) is 9.36 Å². The lowest BCUT2D eigenvalue weighted by Gasteiger charge is -2.26. The number of carbonyl (C=O) groups is 2. The maximum Gasteiger partial charge on any atom is 0.338 e. The number of ether oxygens (including phenoxy) is 2. The summed E-state index contributed by atoms with van der Waals surface area (Å²) in [4.78, 5) is 44.0. The average Bonchev–Trinajstić information content (AvgIpc) is 3.56. The zero-order valence-corrected chi connectivity index (χ0v) is 26.4. The molecule has 1 aliphatic rings. The molecular formula is C32H29BrN2O7S. The van der Waals surface area contributed by atoms with Gasteiger partial charge in [0.25, 0.3) is 5.56 Å². The molecule has 1 atom stereocenters. The number of nitrogens with zero attached hydrogens (tertiary/aromatic N) is 2. The van der Waals surface area contributed by atoms with Crippen LogP contribution >= 0.6 is 27.3 Å². The molecule has 0 amide bonds. The van der Waals surface area contributed by atoms with Gasteiger partial charge in [0.2, 0.25) is 0 Å². The molecule has 0 saturated heterocycles. The molecule has 0 fully saturated rings. The molecule has 0 saturated carbocycles. The molecule has 1 aliphatic heterocycles. The molecule has 9 nitrogen and oxygen atoms in total. The Morgan fingerprint density at radius 2 is 1.95 bits per heavy atom. The smallest absolute Gasteiger partial charge is 0.338 e. The standard InChI is InChI=1S/C32H29BrN2O7S/c1-5-7-23-27(31(39)41-6-2)28(18-9-12-25(40-4)22(33)15-18)35-29(36)26(43-32(35)34-23)16-20-10-13-24(42-20)21-11-8-19(30(37)38)14-17(21)3/h8-16,28H,5-7H2,1-4H3,(H,37,38)/b26-16-/t28-/m1/s1. The number of rotatable bonds is 9. The molecule has 0 unspecified atom stereocenters. The van der Waals surface area contributed by atoms with Crippen molar-refractivity contribution in [3.05, 3.63) is 106 Å². The van der Waals surface area contributed by atoms with Crippen LogP contribution in [0.4, 0.5) is 0 Å². The first-order valence-corrected chi connectivity index (χ1v) is 15.3. The highest BCUT2D eigenvalue weighted by Gasteiger charge is 2.34. The lowest BCUT2D eigenvalue weighted by molar-refractivity contribution is -0.139. The summed E-state index contributed by atoms with van der Waals surface area (Å²) in [7, 11) is 1.57. The van der Waals surface area contributed by atoms with Crippen LogP contribution in [-0.4, -0.2) is 35.3 Å². The number of halogens is 1. The summed E-state index contributed by atoms with van der Waals surface area (Å²) in [6.07, 6.45) is 2.94. The van der Waals surface area contributed by atoms with Crippen LogP contribution in [0.3, 0.4) is 0 Å². The number of allylic oxidation sites excluding steroid dienone is 1. The van der Waals surface area contributed by atoms with Gasteiger partial charge in [0, 0.05) is 11.6 Å². The molecule has 3 heterocycles. The van der Waals surface area contributed by atoms with Gasteiger partial charge >= 0.3 is 11.9 Å². The van der Waals surface area contributed by atoms with E-state index >= 15 is 0 Å². The van der Waals surface area contributed by atoms with E-state index in [1.807, 2.05) is 26.0 Å². The lowest BCUT2D eigenvalue weighted by Crippen LogP contribution is -2.40. The number of aromatic carboxylic acids is 1. The van der Waals surface area contributed by atoms with Crippen molar-refractivity contribution in [2.45, 2.75) is 39.7 Å². The number of fused-ring (bicyclic) bond motifs is 1. The van der Waals surface area contributed by atoms with Gasteiger partial charge < -0.3 is 19.0 Å². The van der Waals surface area contributed by atoms with Crippen molar-refractivity contribution < 1.29 is 28.6 Å². The SMILES string of the molecule is CCCC1=C(C(=O)OCC)[C@@H](c2ccc(OC)c(Br)c2)n2c(s/c(=C\c3ccc(-c4ccc(C(=O)O)cc4C)o3)c2=O)=N1. The number of methoxy groups -OCH3 is 1. The predicted molar refractivity (Wildman–Crippen MR) is 166 cm³/mol. The number of carbonyl (C=O) groups excluding carboxylic acids is 1. The van der Waals surface area contributed by atoms with Gasteiger partial charge in [0.1, 0.15) is 17.3 Å².